The standard InChI is InChI=1S/C48H76O23/c1-18-13-65-48(39(59)31(18)54)25(12-49)30-28(71-48)11-24-22-6-5-20-9-21(51)10-29(46(20,4)23(22)7-8-45(24,30)3)67-43-38(36(27(53)15-63-43)68-41-34(57)33(56)26(52)14-62-41)70-42-35(58)37(32(55)19(2)66-42)69-44-40(60)47(61,16-50)17-64-44/h5,18-19,21-44,49-61H,6-17H2,1-4H3/t18-,19-,21+,22+,23-,24-,25-,26+,27-,28-,29+,30-,31-,32?,33-,34+,35+,36-,37+,38+,39-,40-,41-,42-,43-,44-,45-,46-,47+,48-/m0/s1. The van der Waals surface area contributed by atoms with Crippen LogP contribution in [0.15, 0.2) is 11.6 Å². The molecule has 0 aromatic heterocycles. The van der Waals surface area contributed by atoms with E-state index in [1.165, 1.54) is 6.92 Å². The topological polar surface area (TPSA) is 355 Å². The molecule has 0 bridgehead atoms. The summed E-state index contributed by atoms with van der Waals surface area (Å²) in [5.41, 5.74) is -2.15. The Hall–Kier alpha value is -1.18. The molecule has 0 amide bonds. The third-order valence-corrected chi connectivity index (χ3v) is 19.0. The van der Waals surface area contributed by atoms with Crippen molar-refractivity contribution in [3.05, 3.63) is 11.6 Å². The minimum atomic E-state index is -2.09. The molecule has 13 N–H and O–H groups in total. The van der Waals surface area contributed by atoms with Crippen LogP contribution in [0, 0.1) is 46.3 Å². The number of ether oxygens (including phenoxy) is 10. The van der Waals surface area contributed by atoms with Crippen LogP contribution in [0.2, 0.25) is 0 Å². The molecule has 9 fully saturated rings. The van der Waals surface area contributed by atoms with Gasteiger partial charge in [-0.1, -0.05) is 32.4 Å². The summed E-state index contributed by atoms with van der Waals surface area (Å²) in [6, 6.07) is 0. The molecule has 6 saturated heterocycles. The molecule has 71 heavy (non-hydrogen) atoms. The SMILES string of the molecule is C[C@@H]1O[C@@H](O[C@H]2[C@H](O[C@@H]3C[C@H](O)CC4=CC[C@H]5[C@@H]6C[C@@H]7O[C@@]8(OC[C@H](C)[C@H](O)[C@@H]8O)[C@@H](CO)[C@@H]7[C@@]6(C)CC[C@@H]5[C@]43C)OC[C@H](O)[C@@H]2O[C@@H]2OC[C@@H](O)[C@H](O)[C@H]2O)[C@H](O)[C@H](O[C@@H]2OC[C@](O)(CO)[C@H]2O)C1O. The van der Waals surface area contributed by atoms with E-state index in [1.807, 2.05) is 0 Å². The Bertz CT molecular complexity index is 1920. The minimum absolute atomic E-state index is 0.00248. The summed E-state index contributed by atoms with van der Waals surface area (Å²) in [6.07, 6.45) is -22.7. The van der Waals surface area contributed by atoms with Gasteiger partial charge in [-0.2, -0.15) is 0 Å². The Labute approximate surface area is 411 Å². The predicted octanol–water partition coefficient (Wildman–Crippen LogP) is -4.16. The lowest BCUT2D eigenvalue weighted by Crippen LogP contribution is -2.65. The summed E-state index contributed by atoms with van der Waals surface area (Å²) in [7, 11) is 0. The van der Waals surface area contributed by atoms with Crippen molar-refractivity contribution in [3.8, 4) is 0 Å². The van der Waals surface area contributed by atoms with Crippen LogP contribution in [0.5, 0.6) is 0 Å². The van der Waals surface area contributed by atoms with Crippen LogP contribution in [0.1, 0.15) is 66.2 Å². The summed E-state index contributed by atoms with van der Waals surface area (Å²) >= 11 is 0. The molecular formula is C48H76O23. The van der Waals surface area contributed by atoms with Crippen molar-refractivity contribution in [2.24, 2.45) is 46.3 Å². The Kier molecular flexibility index (Phi) is 14.8. The van der Waals surface area contributed by atoms with Crippen LogP contribution < -0.4 is 0 Å². The Morgan fingerprint density at radius 3 is 2.11 bits per heavy atom. The van der Waals surface area contributed by atoms with Crippen LogP contribution in [-0.2, 0) is 47.4 Å². The van der Waals surface area contributed by atoms with Crippen molar-refractivity contribution < 1.29 is 114 Å². The van der Waals surface area contributed by atoms with E-state index in [4.69, 9.17) is 47.4 Å². The molecule has 23 nitrogen and oxygen atoms in total. The first-order valence-corrected chi connectivity index (χ1v) is 25.5. The maximum Gasteiger partial charge on any atom is 0.202 e. The summed E-state index contributed by atoms with van der Waals surface area (Å²) in [5, 5.41) is 143. The minimum Gasteiger partial charge on any atom is -0.396 e. The van der Waals surface area contributed by atoms with Gasteiger partial charge in [0.2, 0.25) is 5.79 Å². The molecule has 1 spiro atoms. The molecule has 3 saturated carbocycles. The molecule has 4 aliphatic carbocycles. The highest BCUT2D eigenvalue weighted by Gasteiger charge is 2.73. The zero-order chi connectivity index (χ0) is 50.9. The lowest BCUT2D eigenvalue weighted by molar-refractivity contribution is -0.387. The quantitative estimate of drug-likeness (QED) is 0.0924. The third kappa shape index (κ3) is 8.53. The van der Waals surface area contributed by atoms with E-state index < -0.39 is 166 Å². The first kappa shape index (κ1) is 53.2. The van der Waals surface area contributed by atoms with Gasteiger partial charge in [-0.15, -0.1) is 0 Å². The largest absolute Gasteiger partial charge is 0.396 e. The van der Waals surface area contributed by atoms with Gasteiger partial charge >= 0.3 is 0 Å². The number of aliphatic hydroxyl groups excluding tert-OH is 12. The number of fused-ring (bicyclic) bond motifs is 7. The van der Waals surface area contributed by atoms with Gasteiger partial charge in [-0.25, -0.2) is 0 Å². The van der Waals surface area contributed by atoms with Gasteiger partial charge in [-0.05, 0) is 62.2 Å². The summed E-state index contributed by atoms with van der Waals surface area (Å²) < 4.78 is 61.8. The van der Waals surface area contributed by atoms with E-state index in [2.05, 4.69) is 19.9 Å². The number of hydrogen-bond donors (Lipinski definition) is 13. The van der Waals surface area contributed by atoms with E-state index in [0.29, 0.717) is 19.3 Å². The average Bonchev–Trinajstić information content (AvgIpc) is 3.94. The summed E-state index contributed by atoms with van der Waals surface area (Å²) in [6.45, 7) is 5.26. The van der Waals surface area contributed by atoms with Gasteiger partial charge in [-0.3, -0.25) is 0 Å². The van der Waals surface area contributed by atoms with E-state index in [-0.39, 0.29) is 60.7 Å². The highest BCUT2D eigenvalue weighted by Crippen LogP contribution is 2.71. The fourth-order valence-corrected chi connectivity index (χ4v) is 14.9. The van der Waals surface area contributed by atoms with Gasteiger partial charge in [0.15, 0.2) is 25.2 Å². The number of aliphatic hydroxyl groups is 13. The van der Waals surface area contributed by atoms with Crippen molar-refractivity contribution in [2.45, 2.75) is 200 Å². The first-order valence-electron chi connectivity index (χ1n) is 25.5. The van der Waals surface area contributed by atoms with Gasteiger partial charge in [0.25, 0.3) is 0 Å². The van der Waals surface area contributed by atoms with Gasteiger partial charge in [0.1, 0.15) is 72.7 Å². The molecule has 30 atom stereocenters. The maximum absolute atomic E-state index is 11.8. The first-order chi connectivity index (χ1) is 33.6. The van der Waals surface area contributed by atoms with Crippen molar-refractivity contribution in [1.29, 1.82) is 0 Å². The smallest absolute Gasteiger partial charge is 0.202 e. The molecule has 10 rings (SSSR count). The molecule has 23 heteroatoms. The second-order valence-electron chi connectivity index (χ2n) is 22.9. The lowest BCUT2D eigenvalue weighted by Gasteiger charge is -2.61. The molecular weight excluding hydrogens is 945 g/mol. The molecule has 0 aromatic carbocycles. The van der Waals surface area contributed by atoms with Crippen LogP contribution >= 0.6 is 0 Å². The van der Waals surface area contributed by atoms with Crippen molar-refractivity contribution >= 4 is 0 Å². The lowest BCUT2D eigenvalue weighted by atomic mass is 9.46. The zero-order valence-corrected chi connectivity index (χ0v) is 40.5. The molecule has 406 valence electrons. The number of allylic oxidation sites excluding steroid dienone is 1. The Morgan fingerprint density at radius 2 is 1.39 bits per heavy atom. The van der Waals surface area contributed by atoms with Gasteiger partial charge in [0, 0.05) is 29.6 Å². The van der Waals surface area contributed by atoms with E-state index in [1.54, 1.807) is 6.92 Å². The summed E-state index contributed by atoms with van der Waals surface area (Å²) in [4.78, 5) is 0. The fourth-order valence-electron chi connectivity index (χ4n) is 14.9. The molecule has 6 aliphatic heterocycles. The summed E-state index contributed by atoms with van der Waals surface area (Å²) in [5.74, 6) is -2.43. The van der Waals surface area contributed by atoms with E-state index >= 15 is 0 Å². The normalized spacial score (nSPS) is 58.2. The monoisotopic (exact) mass is 1020 g/mol. The van der Waals surface area contributed by atoms with Gasteiger partial charge in [0.05, 0.1) is 70.2 Å². The van der Waals surface area contributed by atoms with Crippen LogP contribution in [0.4, 0.5) is 0 Å². The zero-order valence-electron chi connectivity index (χ0n) is 40.5. The average molecular weight is 1020 g/mol. The molecule has 10 aliphatic rings. The number of rotatable bonds is 10. The highest BCUT2D eigenvalue weighted by atomic mass is 16.8. The van der Waals surface area contributed by atoms with Crippen molar-refractivity contribution in [3.63, 3.8) is 0 Å². The Balaban J connectivity index is 0.933. The van der Waals surface area contributed by atoms with Crippen molar-refractivity contribution in [2.75, 3.05) is 39.6 Å². The molecule has 0 radical (unpaired) electrons. The second-order valence-corrected chi connectivity index (χ2v) is 22.9. The van der Waals surface area contributed by atoms with Crippen molar-refractivity contribution in [1.82, 2.24) is 0 Å². The number of hydrogen-bond acceptors (Lipinski definition) is 23. The van der Waals surface area contributed by atoms with Crippen LogP contribution in [-0.4, -0.2) is 240 Å². The third-order valence-electron chi connectivity index (χ3n) is 19.0. The molecule has 1 unspecified atom stereocenters. The maximum atomic E-state index is 11.8. The Morgan fingerprint density at radius 1 is 0.690 bits per heavy atom. The predicted molar refractivity (Wildman–Crippen MR) is 234 cm³/mol. The fraction of sp³-hybridized carbons (Fsp3) is 0.958. The van der Waals surface area contributed by atoms with Crippen LogP contribution in [0.3, 0.4) is 0 Å². The second kappa shape index (κ2) is 19.7. The van der Waals surface area contributed by atoms with Gasteiger partial charge < -0.3 is 114 Å². The van der Waals surface area contributed by atoms with E-state index in [0.717, 1.165) is 18.4 Å². The van der Waals surface area contributed by atoms with Crippen LogP contribution in [0.25, 0.3) is 0 Å². The molecule has 0 aromatic rings. The van der Waals surface area contributed by atoms with E-state index in [9.17, 15) is 66.4 Å². The highest BCUT2D eigenvalue weighted by molar-refractivity contribution is 5.29. The molecule has 6 heterocycles.